The number of carbonyl (C=O) groups is 1. The van der Waals surface area contributed by atoms with Gasteiger partial charge in [-0.05, 0) is 38.5 Å². The van der Waals surface area contributed by atoms with Gasteiger partial charge in [0.25, 0.3) is 0 Å². The first kappa shape index (κ1) is 58.1. The molecule has 59 heavy (non-hydrogen) atoms. The highest BCUT2D eigenvalue weighted by Gasteiger charge is 2.20. The number of hydrogen-bond donors (Lipinski definition) is 3. The summed E-state index contributed by atoms with van der Waals surface area (Å²) in [7, 11) is 0. The van der Waals surface area contributed by atoms with Crippen molar-refractivity contribution in [2.45, 2.75) is 328 Å². The summed E-state index contributed by atoms with van der Waals surface area (Å²) in [6, 6.07) is -0.529. The number of hydrogen-bond acceptors (Lipinski definition) is 3. The van der Waals surface area contributed by atoms with E-state index in [4.69, 9.17) is 0 Å². The molecule has 0 heterocycles. The Balaban J connectivity index is 3.29. The molecular formula is C55H109NO3. The fourth-order valence-corrected chi connectivity index (χ4v) is 8.83. The van der Waals surface area contributed by atoms with E-state index in [-0.39, 0.29) is 12.5 Å². The van der Waals surface area contributed by atoms with Crippen LogP contribution in [0.1, 0.15) is 316 Å². The molecule has 4 heteroatoms. The van der Waals surface area contributed by atoms with Crippen LogP contribution < -0.4 is 5.32 Å². The Morgan fingerprint density at radius 3 is 0.932 bits per heavy atom. The summed E-state index contributed by atoms with van der Waals surface area (Å²) < 4.78 is 0. The van der Waals surface area contributed by atoms with Crippen LogP contribution in [-0.2, 0) is 4.79 Å². The van der Waals surface area contributed by atoms with Crippen LogP contribution >= 0.6 is 0 Å². The van der Waals surface area contributed by atoms with Gasteiger partial charge in [0.05, 0.1) is 18.8 Å². The lowest BCUT2D eigenvalue weighted by Crippen LogP contribution is -2.45. The highest BCUT2D eigenvalue weighted by Crippen LogP contribution is 2.18. The van der Waals surface area contributed by atoms with Crippen LogP contribution in [0.15, 0.2) is 12.2 Å². The molecular weight excluding hydrogens is 723 g/mol. The topological polar surface area (TPSA) is 69.6 Å². The predicted molar refractivity (Wildman–Crippen MR) is 263 cm³/mol. The average Bonchev–Trinajstić information content (AvgIpc) is 3.24. The van der Waals surface area contributed by atoms with Crippen LogP contribution in [0, 0.1) is 0 Å². The smallest absolute Gasteiger partial charge is 0.220 e. The second-order valence-corrected chi connectivity index (χ2v) is 19.0. The first-order chi connectivity index (χ1) is 29.2. The Morgan fingerprint density at radius 2 is 0.644 bits per heavy atom. The summed E-state index contributed by atoms with van der Waals surface area (Å²) >= 11 is 0. The lowest BCUT2D eigenvalue weighted by molar-refractivity contribution is -0.123. The second kappa shape index (κ2) is 51.5. The van der Waals surface area contributed by atoms with E-state index in [1.54, 1.807) is 0 Å². The molecule has 2 unspecified atom stereocenters. The van der Waals surface area contributed by atoms with Gasteiger partial charge in [-0.2, -0.15) is 0 Å². The van der Waals surface area contributed by atoms with Crippen molar-refractivity contribution in [3.05, 3.63) is 12.2 Å². The highest BCUT2D eigenvalue weighted by molar-refractivity contribution is 5.76. The molecule has 0 aromatic carbocycles. The van der Waals surface area contributed by atoms with Crippen molar-refractivity contribution in [1.29, 1.82) is 0 Å². The minimum Gasteiger partial charge on any atom is -0.394 e. The number of unbranched alkanes of at least 4 members (excludes halogenated alkanes) is 42. The van der Waals surface area contributed by atoms with Crippen molar-refractivity contribution < 1.29 is 15.0 Å². The zero-order chi connectivity index (χ0) is 42.8. The normalized spacial score (nSPS) is 12.8. The molecule has 0 aliphatic carbocycles. The largest absolute Gasteiger partial charge is 0.394 e. The summed E-state index contributed by atoms with van der Waals surface area (Å²) in [6.07, 6.45) is 66.6. The van der Waals surface area contributed by atoms with Crippen LogP contribution in [0.25, 0.3) is 0 Å². The zero-order valence-electron chi connectivity index (χ0n) is 40.6. The molecule has 0 rings (SSSR count). The first-order valence-corrected chi connectivity index (χ1v) is 27.4. The molecule has 0 saturated carbocycles. The van der Waals surface area contributed by atoms with E-state index in [2.05, 4.69) is 31.3 Å². The Hall–Kier alpha value is -0.870. The van der Waals surface area contributed by atoms with Crippen LogP contribution in [0.2, 0.25) is 0 Å². The number of aliphatic hydroxyl groups excluding tert-OH is 2. The molecule has 0 fully saturated rings. The van der Waals surface area contributed by atoms with E-state index in [1.165, 1.54) is 263 Å². The second-order valence-electron chi connectivity index (χ2n) is 19.0. The zero-order valence-corrected chi connectivity index (χ0v) is 40.6. The van der Waals surface area contributed by atoms with E-state index < -0.39 is 12.1 Å². The van der Waals surface area contributed by atoms with Crippen molar-refractivity contribution in [2.75, 3.05) is 6.61 Å². The molecule has 0 aromatic rings. The number of nitrogens with one attached hydrogen (secondary N) is 1. The van der Waals surface area contributed by atoms with E-state index >= 15 is 0 Å². The third-order valence-corrected chi connectivity index (χ3v) is 13.0. The van der Waals surface area contributed by atoms with Gasteiger partial charge in [0.1, 0.15) is 0 Å². The Bertz CT molecular complexity index is 814. The maximum absolute atomic E-state index is 12.4. The molecule has 352 valence electrons. The van der Waals surface area contributed by atoms with Gasteiger partial charge in [-0.25, -0.2) is 0 Å². The minimum atomic E-state index is -0.652. The van der Waals surface area contributed by atoms with Crippen molar-refractivity contribution in [3.63, 3.8) is 0 Å². The van der Waals surface area contributed by atoms with Crippen molar-refractivity contribution in [3.8, 4) is 0 Å². The van der Waals surface area contributed by atoms with Crippen molar-refractivity contribution in [1.82, 2.24) is 5.32 Å². The number of aliphatic hydroxyl groups is 2. The van der Waals surface area contributed by atoms with Gasteiger partial charge < -0.3 is 15.5 Å². The molecule has 0 aliphatic heterocycles. The van der Waals surface area contributed by atoms with Gasteiger partial charge in [-0.15, -0.1) is 0 Å². The molecule has 2 atom stereocenters. The molecule has 0 radical (unpaired) electrons. The molecule has 0 bridgehead atoms. The van der Waals surface area contributed by atoms with Gasteiger partial charge >= 0.3 is 0 Å². The third kappa shape index (κ3) is 48.0. The summed E-state index contributed by atoms with van der Waals surface area (Å²) in [5.74, 6) is -0.0283. The van der Waals surface area contributed by atoms with E-state index in [0.29, 0.717) is 12.8 Å². The van der Waals surface area contributed by atoms with Gasteiger partial charge in [0.2, 0.25) is 5.91 Å². The molecule has 0 saturated heterocycles. The highest BCUT2D eigenvalue weighted by atomic mass is 16.3. The number of amides is 1. The summed E-state index contributed by atoms with van der Waals surface area (Å²) in [6.45, 7) is 4.35. The quantitative estimate of drug-likeness (QED) is 0.0422. The van der Waals surface area contributed by atoms with Crippen molar-refractivity contribution in [2.24, 2.45) is 0 Å². The van der Waals surface area contributed by atoms with Crippen LogP contribution in [-0.4, -0.2) is 34.9 Å². The van der Waals surface area contributed by atoms with E-state index in [9.17, 15) is 15.0 Å². The van der Waals surface area contributed by atoms with Crippen LogP contribution in [0.5, 0.6) is 0 Å². The maximum atomic E-state index is 12.4. The van der Waals surface area contributed by atoms with E-state index in [0.717, 1.165) is 25.7 Å². The Labute approximate surface area is 371 Å². The van der Waals surface area contributed by atoms with Crippen molar-refractivity contribution >= 4 is 5.91 Å². The lowest BCUT2D eigenvalue weighted by Gasteiger charge is -2.22. The fraction of sp³-hybridized carbons (Fsp3) is 0.945. The Kier molecular flexibility index (Phi) is 50.7. The first-order valence-electron chi connectivity index (χ1n) is 27.4. The standard InChI is InChI=1S/C55H109NO3/c1-3-5-7-9-11-13-14-15-16-17-18-19-20-21-22-23-24-25-26-27-28-29-30-31-32-33-34-35-36-37-38-39-40-41-42-43-45-47-49-51-55(59)56-53(52-57)54(58)50-48-46-44-12-10-8-6-4-2/h17-18,53-54,57-58H,3-16,19-52H2,1-2H3,(H,56,59)/b18-17-. The third-order valence-electron chi connectivity index (χ3n) is 13.0. The SMILES string of the molecule is CCCCCCCCCC/C=C\CCCCCCCCCCCCCCCCCCCCCCCCCCCCCC(=O)NC(CO)C(O)CCCCCCCCCC. The molecule has 4 nitrogen and oxygen atoms in total. The molecule has 0 spiro atoms. The van der Waals surface area contributed by atoms with Gasteiger partial charge in [0.15, 0.2) is 0 Å². The number of allylic oxidation sites excluding steroid dienone is 2. The summed E-state index contributed by atoms with van der Waals surface area (Å²) in [5.41, 5.74) is 0. The minimum absolute atomic E-state index is 0.0283. The van der Waals surface area contributed by atoms with E-state index in [1.807, 2.05) is 0 Å². The maximum Gasteiger partial charge on any atom is 0.220 e. The van der Waals surface area contributed by atoms with Gasteiger partial charge in [-0.3, -0.25) is 4.79 Å². The molecule has 3 N–H and O–H groups in total. The molecule has 0 aromatic heterocycles. The summed E-state index contributed by atoms with van der Waals surface area (Å²) in [4.78, 5) is 12.4. The van der Waals surface area contributed by atoms with Gasteiger partial charge in [-0.1, -0.05) is 283 Å². The van der Waals surface area contributed by atoms with Crippen LogP contribution in [0.3, 0.4) is 0 Å². The molecule has 0 aliphatic rings. The lowest BCUT2D eigenvalue weighted by atomic mass is 10.0. The number of rotatable bonds is 51. The van der Waals surface area contributed by atoms with Gasteiger partial charge in [0, 0.05) is 6.42 Å². The van der Waals surface area contributed by atoms with Crippen LogP contribution in [0.4, 0.5) is 0 Å². The molecule has 1 amide bonds. The Morgan fingerprint density at radius 1 is 0.390 bits per heavy atom. The fourth-order valence-electron chi connectivity index (χ4n) is 8.83. The average molecular weight is 832 g/mol. The summed E-state index contributed by atoms with van der Waals surface area (Å²) in [5, 5.41) is 23.0. The number of carbonyl (C=O) groups excluding carboxylic acids is 1. The monoisotopic (exact) mass is 832 g/mol. The predicted octanol–water partition coefficient (Wildman–Crippen LogP) is 17.8.